The van der Waals surface area contributed by atoms with Crippen LogP contribution in [0.5, 0.6) is 0 Å². The Bertz CT molecular complexity index is 1160. The SMILES string of the molecule is O=C1CCCC2=C1C(c1ccc([N+](=O)[O-])cc1)CC(=O)N2c1cc(C(F)(F)F)ccc1Cl. The maximum Gasteiger partial charge on any atom is 0.416 e. The van der Waals surface area contributed by atoms with Gasteiger partial charge in [0, 0.05) is 42.2 Å². The summed E-state index contributed by atoms with van der Waals surface area (Å²) in [4.78, 5) is 37.5. The van der Waals surface area contributed by atoms with Crippen LogP contribution < -0.4 is 4.90 Å². The van der Waals surface area contributed by atoms with E-state index in [2.05, 4.69) is 0 Å². The first-order valence-electron chi connectivity index (χ1n) is 9.78. The van der Waals surface area contributed by atoms with Crippen LogP contribution in [0.15, 0.2) is 53.7 Å². The zero-order valence-corrected chi connectivity index (χ0v) is 17.2. The Morgan fingerprint density at radius 1 is 1.06 bits per heavy atom. The third kappa shape index (κ3) is 3.88. The number of allylic oxidation sites excluding steroid dienone is 2. The summed E-state index contributed by atoms with van der Waals surface area (Å²) in [6.45, 7) is 0. The molecule has 166 valence electrons. The van der Waals surface area contributed by atoms with Crippen LogP contribution in [0, 0.1) is 10.1 Å². The highest BCUT2D eigenvalue weighted by Gasteiger charge is 2.41. The first kappa shape index (κ1) is 22.0. The second-order valence-electron chi connectivity index (χ2n) is 7.64. The molecule has 0 saturated heterocycles. The molecule has 1 aliphatic carbocycles. The van der Waals surface area contributed by atoms with E-state index in [4.69, 9.17) is 11.6 Å². The summed E-state index contributed by atoms with van der Waals surface area (Å²) in [5.41, 5.74) is 0.0431. The molecule has 2 aliphatic rings. The van der Waals surface area contributed by atoms with Crippen molar-refractivity contribution in [2.75, 3.05) is 4.90 Å². The van der Waals surface area contributed by atoms with Gasteiger partial charge in [0.05, 0.1) is 21.2 Å². The molecule has 1 unspecified atom stereocenters. The fourth-order valence-corrected chi connectivity index (χ4v) is 4.45. The molecule has 0 spiro atoms. The van der Waals surface area contributed by atoms with Crippen LogP contribution in [0.25, 0.3) is 0 Å². The third-order valence-corrected chi connectivity index (χ3v) is 6.02. The van der Waals surface area contributed by atoms with Crippen LogP contribution in [-0.4, -0.2) is 16.6 Å². The van der Waals surface area contributed by atoms with Crippen molar-refractivity contribution >= 4 is 34.7 Å². The van der Waals surface area contributed by atoms with E-state index < -0.39 is 28.5 Å². The van der Waals surface area contributed by atoms with E-state index in [0.717, 1.165) is 23.1 Å². The van der Waals surface area contributed by atoms with Crippen LogP contribution >= 0.6 is 11.6 Å². The zero-order chi connectivity index (χ0) is 23.2. The van der Waals surface area contributed by atoms with Gasteiger partial charge in [-0.3, -0.25) is 24.6 Å². The topological polar surface area (TPSA) is 80.5 Å². The predicted octanol–water partition coefficient (Wildman–Crippen LogP) is 5.79. The lowest BCUT2D eigenvalue weighted by atomic mass is 9.77. The number of rotatable bonds is 3. The number of amides is 1. The number of nitrogens with zero attached hydrogens (tertiary/aromatic N) is 2. The van der Waals surface area contributed by atoms with E-state index in [1.54, 1.807) is 0 Å². The third-order valence-electron chi connectivity index (χ3n) is 5.70. The lowest BCUT2D eigenvalue weighted by molar-refractivity contribution is -0.384. The molecule has 2 aromatic rings. The summed E-state index contributed by atoms with van der Waals surface area (Å²) in [6.07, 6.45) is -3.78. The summed E-state index contributed by atoms with van der Waals surface area (Å²) in [5, 5.41) is 10.9. The van der Waals surface area contributed by atoms with E-state index >= 15 is 0 Å². The minimum Gasteiger partial charge on any atom is -0.294 e. The van der Waals surface area contributed by atoms with Gasteiger partial charge in [0.15, 0.2) is 5.78 Å². The van der Waals surface area contributed by atoms with Gasteiger partial charge in [-0.1, -0.05) is 23.7 Å². The van der Waals surface area contributed by atoms with Crippen molar-refractivity contribution in [2.24, 2.45) is 0 Å². The van der Waals surface area contributed by atoms with Gasteiger partial charge in [0.25, 0.3) is 5.69 Å². The highest BCUT2D eigenvalue weighted by atomic mass is 35.5. The van der Waals surface area contributed by atoms with E-state index in [1.807, 2.05) is 0 Å². The Labute approximate surface area is 185 Å². The van der Waals surface area contributed by atoms with Gasteiger partial charge >= 0.3 is 6.18 Å². The fraction of sp³-hybridized carbons (Fsp3) is 0.273. The first-order valence-corrected chi connectivity index (χ1v) is 10.2. The van der Waals surface area contributed by atoms with Crippen LogP contribution in [-0.2, 0) is 15.8 Å². The van der Waals surface area contributed by atoms with E-state index in [9.17, 15) is 32.9 Å². The Morgan fingerprint density at radius 2 is 1.75 bits per heavy atom. The number of nitro groups is 1. The first-order chi connectivity index (χ1) is 15.1. The number of hydrogen-bond donors (Lipinski definition) is 0. The molecule has 0 saturated carbocycles. The average Bonchev–Trinajstić information content (AvgIpc) is 2.73. The number of nitro benzene ring substituents is 1. The quantitative estimate of drug-likeness (QED) is 0.425. The van der Waals surface area contributed by atoms with Crippen molar-refractivity contribution < 1.29 is 27.7 Å². The minimum absolute atomic E-state index is 0.0370. The number of carbonyl (C=O) groups excluding carboxylic acids is 2. The molecule has 32 heavy (non-hydrogen) atoms. The van der Waals surface area contributed by atoms with Crippen LogP contribution in [0.1, 0.15) is 42.7 Å². The molecule has 0 bridgehead atoms. The molecule has 0 radical (unpaired) electrons. The highest BCUT2D eigenvalue weighted by Crippen LogP contribution is 2.46. The molecular weight excluding hydrogens is 449 g/mol. The number of anilines is 1. The maximum atomic E-state index is 13.3. The lowest BCUT2D eigenvalue weighted by Crippen LogP contribution is -2.40. The Morgan fingerprint density at radius 3 is 2.38 bits per heavy atom. The fourth-order valence-electron chi connectivity index (χ4n) is 4.25. The van der Waals surface area contributed by atoms with Crippen molar-refractivity contribution in [1.29, 1.82) is 0 Å². The molecule has 1 amide bonds. The summed E-state index contributed by atoms with van der Waals surface area (Å²) in [6, 6.07) is 8.31. The number of Topliss-reactive ketones (excluding diaryl/α,β-unsaturated/α-hetero) is 1. The molecule has 1 atom stereocenters. The lowest BCUT2D eigenvalue weighted by Gasteiger charge is -2.38. The van der Waals surface area contributed by atoms with Gasteiger partial charge < -0.3 is 0 Å². The number of hydrogen-bond acceptors (Lipinski definition) is 4. The molecule has 4 rings (SSSR count). The van der Waals surface area contributed by atoms with Crippen molar-refractivity contribution in [3.63, 3.8) is 0 Å². The van der Waals surface area contributed by atoms with Gasteiger partial charge in [0.2, 0.25) is 5.91 Å². The van der Waals surface area contributed by atoms with Crippen LogP contribution in [0.4, 0.5) is 24.5 Å². The van der Waals surface area contributed by atoms with Crippen molar-refractivity contribution in [3.8, 4) is 0 Å². The predicted molar refractivity (Wildman–Crippen MR) is 110 cm³/mol. The summed E-state index contributed by atoms with van der Waals surface area (Å²) in [7, 11) is 0. The second-order valence-corrected chi connectivity index (χ2v) is 8.04. The molecule has 0 aromatic heterocycles. The minimum atomic E-state index is -4.63. The van der Waals surface area contributed by atoms with Crippen molar-refractivity contribution in [2.45, 2.75) is 37.8 Å². The Hall–Kier alpha value is -3.20. The van der Waals surface area contributed by atoms with Gasteiger partial charge in [-0.2, -0.15) is 13.2 Å². The van der Waals surface area contributed by atoms with Gasteiger partial charge in [-0.25, -0.2) is 0 Å². The summed E-state index contributed by atoms with van der Waals surface area (Å²) < 4.78 is 39.8. The van der Waals surface area contributed by atoms with E-state index in [1.165, 1.54) is 24.3 Å². The number of benzene rings is 2. The average molecular weight is 465 g/mol. The summed E-state index contributed by atoms with van der Waals surface area (Å²) >= 11 is 6.18. The van der Waals surface area contributed by atoms with Crippen LogP contribution in [0.3, 0.4) is 0 Å². The molecule has 1 aliphatic heterocycles. The number of alkyl halides is 3. The highest BCUT2D eigenvalue weighted by molar-refractivity contribution is 6.34. The molecule has 1 heterocycles. The molecular formula is C22H16ClF3N2O4. The number of carbonyl (C=O) groups is 2. The second kappa shape index (κ2) is 8.05. The zero-order valence-electron chi connectivity index (χ0n) is 16.5. The normalized spacial score (nSPS) is 19.2. The van der Waals surface area contributed by atoms with Gasteiger partial charge in [0.1, 0.15) is 0 Å². The van der Waals surface area contributed by atoms with E-state index in [0.29, 0.717) is 29.7 Å². The molecule has 2 aromatic carbocycles. The van der Waals surface area contributed by atoms with Crippen LogP contribution in [0.2, 0.25) is 5.02 Å². The number of halogens is 4. The monoisotopic (exact) mass is 464 g/mol. The molecule has 10 heteroatoms. The largest absolute Gasteiger partial charge is 0.416 e. The molecule has 6 nitrogen and oxygen atoms in total. The van der Waals surface area contributed by atoms with E-state index in [-0.39, 0.29) is 35.0 Å². The standard InChI is InChI=1S/C22H16ClF3N2O4/c23-16-9-6-13(22(24,25)26)10-18(16)27-17-2-1-3-19(29)21(17)15(11-20(27)30)12-4-7-14(8-5-12)28(31)32/h4-10,15H,1-3,11H2. The van der Waals surface area contributed by atoms with Gasteiger partial charge in [-0.05, 0) is 36.6 Å². The Balaban J connectivity index is 1.85. The van der Waals surface area contributed by atoms with Crippen molar-refractivity contribution in [3.05, 3.63) is 80.0 Å². The maximum absolute atomic E-state index is 13.3. The smallest absolute Gasteiger partial charge is 0.294 e. The molecule has 0 N–H and O–H groups in total. The van der Waals surface area contributed by atoms with Gasteiger partial charge in [-0.15, -0.1) is 0 Å². The number of non-ortho nitro benzene ring substituents is 1. The van der Waals surface area contributed by atoms with Crippen molar-refractivity contribution in [1.82, 2.24) is 0 Å². The summed E-state index contributed by atoms with van der Waals surface area (Å²) in [5.74, 6) is -1.33. The Kier molecular flexibility index (Phi) is 5.54. The molecule has 0 fully saturated rings. The number of ketones is 1.